The highest BCUT2D eigenvalue weighted by Crippen LogP contribution is 2.17. The van der Waals surface area contributed by atoms with Crippen LogP contribution in [0, 0.1) is 0 Å². The Kier molecular flexibility index (Phi) is 4.47. The van der Waals surface area contributed by atoms with Crippen LogP contribution in [0.2, 0.25) is 0 Å². The molecule has 1 saturated heterocycles. The second-order valence-corrected chi connectivity index (χ2v) is 5.26. The van der Waals surface area contributed by atoms with E-state index in [1.54, 1.807) is 10.9 Å². The van der Waals surface area contributed by atoms with Crippen molar-refractivity contribution >= 4 is 17.5 Å². The molecule has 5 nitrogen and oxygen atoms in total. The highest BCUT2D eigenvalue weighted by atomic mass is 35.5. The van der Waals surface area contributed by atoms with E-state index in [4.69, 9.17) is 16.3 Å². The van der Waals surface area contributed by atoms with E-state index in [-0.39, 0.29) is 18.1 Å². The monoisotopic (exact) mass is 285 g/mol. The number of halogens is 1. The first-order chi connectivity index (χ1) is 9.05. The third-order valence-corrected chi connectivity index (χ3v) is 3.60. The van der Waals surface area contributed by atoms with Crippen LogP contribution in [0.5, 0.6) is 0 Å². The van der Waals surface area contributed by atoms with E-state index in [0.29, 0.717) is 24.5 Å². The van der Waals surface area contributed by atoms with Crippen LogP contribution in [0.15, 0.2) is 6.20 Å². The first kappa shape index (κ1) is 14.3. The first-order valence-corrected chi connectivity index (χ1v) is 7.11. The second-order valence-electron chi connectivity index (χ2n) is 4.95. The molecule has 1 aliphatic heterocycles. The van der Waals surface area contributed by atoms with Gasteiger partial charge in [-0.3, -0.25) is 9.48 Å². The average Bonchev–Trinajstić information content (AvgIpc) is 2.78. The summed E-state index contributed by atoms with van der Waals surface area (Å²) in [5, 5.41) is 4.32. The van der Waals surface area contributed by atoms with E-state index in [0.717, 1.165) is 12.1 Å². The van der Waals surface area contributed by atoms with Crippen LogP contribution in [-0.2, 0) is 18.2 Å². The zero-order valence-electron chi connectivity index (χ0n) is 11.6. The molecule has 0 aromatic carbocycles. The van der Waals surface area contributed by atoms with E-state index in [1.807, 2.05) is 25.8 Å². The lowest BCUT2D eigenvalue weighted by atomic mass is 10.1. The maximum atomic E-state index is 12.6. The summed E-state index contributed by atoms with van der Waals surface area (Å²) in [6.07, 6.45) is 2.47. The molecule has 1 aromatic heterocycles. The van der Waals surface area contributed by atoms with Gasteiger partial charge in [0.2, 0.25) is 0 Å². The van der Waals surface area contributed by atoms with Gasteiger partial charge in [-0.15, -0.1) is 11.6 Å². The summed E-state index contributed by atoms with van der Waals surface area (Å²) in [6.45, 7) is 5.11. The molecule has 2 rings (SSSR count). The van der Waals surface area contributed by atoms with Gasteiger partial charge in [0.1, 0.15) is 0 Å². The number of ether oxygens (including phenoxy) is 1. The summed E-state index contributed by atoms with van der Waals surface area (Å²) in [7, 11) is 1.83. The fraction of sp³-hybridized carbons (Fsp3) is 0.692. The number of aryl methyl sites for hydroxylation is 2. The normalized spacial score (nSPS) is 23.7. The Balaban J connectivity index is 2.18. The number of hydrogen-bond donors (Lipinski definition) is 0. The third kappa shape index (κ3) is 3.09. The van der Waals surface area contributed by atoms with E-state index >= 15 is 0 Å². The Morgan fingerprint density at radius 3 is 2.95 bits per heavy atom. The maximum Gasteiger partial charge on any atom is 0.257 e. The predicted octanol–water partition coefficient (Wildman–Crippen LogP) is 1.45. The molecule has 106 valence electrons. The van der Waals surface area contributed by atoms with Gasteiger partial charge in [-0.2, -0.15) is 5.10 Å². The standard InChI is InChI=1S/C13H20ClN3O2/c1-4-12-11(8-16(3)15-12)13(18)17-6-9(2)19-10(5-14)7-17/h8-10H,4-7H2,1-3H3. The van der Waals surface area contributed by atoms with Crippen molar-refractivity contribution in [3.8, 4) is 0 Å². The van der Waals surface area contributed by atoms with Crippen molar-refractivity contribution in [2.45, 2.75) is 32.5 Å². The van der Waals surface area contributed by atoms with E-state index in [9.17, 15) is 4.79 Å². The zero-order valence-corrected chi connectivity index (χ0v) is 12.4. The number of alkyl halides is 1. The molecule has 0 spiro atoms. The number of aromatic nitrogens is 2. The van der Waals surface area contributed by atoms with Crippen molar-refractivity contribution in [1.29, 1.82) is 0 Å². The van der Waals surface area contributed by atoms with Crippen molar-refractivity contribution in [3.63, 3.8) is 0 Å². The quantitative estimate of drug-likeness (QED) is 0.790. The number of rotatable bonds is 3. The number of morpholine rings is 1. The molecule has 1 aromatic rings. The Morgan fingerprint density at radius 2 is 2.32 bits per heavy atom. The Morgan fingerprint density at radius 1 is 1.58 bits per heavy atom. The van der Waals surface area contributed by atoms with Gasteiger partial charge in [0.05, 0.1) is 29.3 Å². The fourth-order valence-corrected chi connectivity index (χ4v) is 2.61. The van der Waals surface area contributed by atoms with Crippen LogP contribution in [0.3, 0.4) is 0 Å². The lowest BCUT2D eigenvalue weighted by Gasteiger charge is -2.36. The van der Waals surface area contributed by atoms with Gasteiger partial charge in [-0.05, 0) is 13.3 Å². The predicted molar refractivity (Wildman–Crippen MR) is 73.5 cm³/mol. The molecule has 19 heavy (non-hydrogen) atoms. The minimum absolute atomic E-state index is 0.0168. The molecular formula is C13H20ClN3O2. The van der Waals surface area contributed by atoms with Gasteiger partial charge < -0.3 is 9.64 Å². The van der Waals surface area contributed by atoms with Crippen molar-refractivity contribution in [2.75, 3.05) is 19.0 Å². The van der Waals surface area contributed by atoms with Crippen LogP contribution in [0.25, 0.3) is 0 Å². The third-order valence-electron chi connectivity index (χ3n) is 3.26. The summed E-state index contributed by atoms with van der Waals surface area (Å²) in [5.41, 5.74) is 1.53. The van der Waals surface area contributed by atoms with Crippen molar-refractivity contribution in [3.05, 3.63) is 17.5 Å². The van der Waals surface area contributed by atoms with Crippen molar-refractivity contribution in [1.82, 2.24) is 14.7 Å². The van der Waals surface area contributed by atoms with Crippen LogP contribution in [0.1, 0.15) is 29.9 Å². The smallest absolute Gasteiger partial charge is 0.257 e. The summed E-state index contributed by atoms with van der Waals surface area (Å²) in [6, 6.07) is 0. The molecule has 2 unspecified atom stereocenters. The van der Waals surface area contributed by atoms with Crippen molar-refractivity contribution < 1.29 is 9.53 Å². The number of hydrogen-bond acceptors (Lipinski definition) is 3. The molecule has 0 saturated carbocycles. The highest BCUT2D eigenvalue weighted by molar-refractivity contribution is 6.18. The van der Waals surface area contributed by atoms with Gasteiger partial charge in [0, 0.05) is 26.3 Å². The largest absolute Gasteiger partial charge is 0.370 e. The summed E-state index contributed by atoms with van der Waals surface area (Å²) in [5.74, 6) is 0.428. The molecule has 0 radical (unpaired) electrons. The van der Waals surface area contributed by atoms with Gasteiger partial charge in [0.15, 0.2) is 0 Å². The Labute approximate surface area is 118 Å². The van der Waals surface area contributed by atoms with Crippen LogP contribution in [0.4, 0.5) is 0 Å². The molecular weight excluding hydrogens is 266 g/mol. The lowest BCUT2D eigenvalue weighted by Crippen LogP contribution is -2.49. The number of carbonyl (C=O) groups excluding carboxylic acids is 1. The lowest BCUT2D eigenvalue weighted by molar-refractivity contribution is -0.0570. The molecule has 0 bridgehead atoms. The maximum absolute atomic E-state index is 12.6. The minimum Gasteiger partial charge on any atom is -0.370 e. The molecule has 1 aliphatic rings. The number of nitrogens with zero attached hydrogens (tertiary/aromatic N) is 3. The minimum atomic E-state index is -0.0869. The van der Waals surface area contributed by atoms with E-state index < -0.39 is 0 Å². The molecule has 2 atom stereocenters. The van der Waals surface area contributed by atoms with E-state index in [2.05, 4.69) is 5.10 Å². The first-order valence-electron chi connectivity index (χ1n) is 6.58. The average molecular weight is 286 g/mol. The molecule has 6 heteroatoms. The van der Waals surface area contributed by atoms with Crippen molar-refractivity contribution in [2.24, 2.45) is 7.05 Å². The summed E-state index contributed by atoms with van der Waals surface area (Å²) in [4.78, 5) is 14.4. The Hall–Kier alpha value is -1.07. The fourth-order valence-electron chi connectivity index (χ4n) is 2.44. The number of amides is 1. The molecule has 0 N–H and O–H groups in total. The molecule has 1 fully saturated rings. The molecule has 2 heterocycles. The molecule has 0 aliphatic carbocycles. The Bertz CT molecular complexity index is 461. The van der Waals surface area contributed by atoms with Gasteiger partial charge in [-0.25, -0.2) is 0 Å². The highest BCUT2D eigenvalue weighted by Gasteiger charge is 2.30. The molecule has 1 amide bonds. The van der Waals surface area contributed by atoms with Crippen LogP contribution < -0.4 is 0 Å². The SMILES string of the molecule is CCc1nn(C)cc1C(=O)N1CC(C)OC(CCl)C1. The number of carbonyl (C=O) groups is 1. The van der Waals surface area contributed by atoms with Gasteiger partial charge >= 0.3 is 0 Å². The van der Waals surface area contributed by atoms with Gasteiger partial charge in [0.25, 0.3) is 5.91 Å². The van der Waals surface area contributed by atoms with Crippen LogP contribution >= 0.6 is 11.6 Å². The second kappa shape index (κ2) is 5.92. The summed E-state index contributed by atoms with van der Waals surface area (Å²) >= 11 is 5.84. The van der Waals surface area contributed by atoms with E-state index in [1.165, 1.54) is 0 Å². The zero-order chi connectivity index (χ0) is 14.0. The van der Waals surface area contributed by atoms with Crippen LogP contribution in [-0.4, -0.2) is 51.8 Å². The summed E-state index contributed by atoms with van der Waals surface area (Å²) < 4.78 is 7.36. The van der Waals surface area contributed by atoms with Gasteiger partial charge in [-0.1, -0.05) is 6.92 Å². The topological polar surface area (TPSA) is 47.4 Å².